The van der Waals surface area contributed by atoms with Gasteiger partial charge in [0.2, 0.25) is 0 Å². The lowest BCUT2D eigenvalue weighted by molar-refractivity contribution is 0.0696. The number of thiazole rings is 1. The number of thioether (sulfide) groups is 1. The molecule has 0 atom stereocenters. The molecule has 6 heteroatoms. The van der Waals surface area contributed by atoms with Gasteiger partial charge in [0.05, 0.1) is 5.56 Å². The van der Waals surface area contributed by atoms with Gasteiger partial charge in [-0.3, -0.25) is 0 Å². The van der Waals surface area contributed by atoms with Gasteiger partial charge in [-0.15, -0.1) is 11.3 Å². The summed E-state index contributed by atoms with van der Waals surface area (Å²) < 4.78 is 14.0. The maximum absolute atomic E-state index is 13.1. The molecule has 1 N–H and O–H groups in total. The standard InChI is InChI=1S/C12H10FNO2S2/c1-7-5-17-12(14-7)18-6-8-4-9(13)2-3-10(8)11(15)16/h2-5H,6H2,1H3,(H,15,16). The zero-order valence-electron chi connectivity index (χ0n) is 9.51. The predicted molar refractivity (Wildman–Crippen MR) is 69.8 cm³/mol. The second-order valence-corrected chi connectivity index (χ2v) is 5.73. The van der Waals surface area contributed by atoms with Crippen LogP contribution >= 0.6 is 23.1 Å². The van der Waals surface area contributed by atoms with E-state index < -0.39 is 11.8 Å². The molecule has 3 nitrogen and oxygen atoms in total. The summed E-state index contributed by atoms with van der Waals surface area (Å²) in [5.74, 6) is -1.07. The molecule has 0 aliphatic heterocycles. The number of carboxylic acids is 1. The van der Waals surface area contributed by atoms with Crippen molar-refractivity contribution in [1.82, 2.24) is 4.98 Å². The van der Waals surface area contributed by atoms with Gasteiger partial charge >= 0.3 is 5.97 Å². The zero-order valence-corrected chi connectivity index (χ0v) is 11.1. The van der Waals surface area contributed by atoms with Crippen LogP contribution in [0, 0.1) is 12.7 Å². The summed E-state index contributed by atoms with van der Waals surface area (Å²) in [5, 5.41) is 10.9. The van der Waals surface area contributed by atoms with Crippen LogP contribution < -0.4 is 0 Å². The summed E-state index contributed by atoms with van der Waals surface area (Å²) in [6, 6.07) is 3.71. The van der Waals surface area contributed by atoms with Gasteiger partial charge in [0.1, 0.15) is 10.2 Å². The number of aryl methyl sites for hydroxylation is 1. The summed E-state index contributed by atoms with van der Waals surface area (Å²) in [6.07, 6.45) is 0. The number of nitrogens with zero attached hydrogens (tertiary/aromatic N) is 1. The van der Waals surface area contributed by atoms with Gasteiger partial charge in [-0.25, -0.2) is 14.2 Å². The van der Waals surface area contributed by atoms with Crippen LogP contribution in [0.2, 0.25) is 0 Å². The second kappa shape index (κ2) is 5.49. The van der Waals surface area contributed by atoms with Crippen molar-refractivity contribution in [3.05, 3.63) is 46.2 Å². The molecular weight excluding hydrogens is 273 g/mol. The van der Waals surface area contributed by atoms with Crippen LogP contribution in [0.25, 0.3) is 0 Å². The molecule has 18 heavy (non-hydrogen) atoms. The van der Waals surface area contributed by atoms with E-state index in [4.69, 9.17) is 5.11 Å². The van der Waals surface area contributed by atoms with Crippen LogP contribution in [-0.4, -0.2) is 16.1 Å². The van der Waals surface area contributed by atoms with Crippen molar-refractivity contribution in [2.24, 2.45) is 0 Å². The van der Waals surface area contributed by atoms with E-state index in [1.165, 1.54) is 35.2 Å². The Kier molecular flexibility index (Phi) is 3.98. The molecule has 0 bridgehead atoms. The first kappa shape index (κ1) is 13.0. The average Bonchev–Trinajstić information content (AvgIpc) is 2.72. The average molecular weight is 283 g/mol. The summed E-state index contributed by atoms with van der Waals surface area (Å²) >= 11 is 2.91. The van der Waals surface area contributed by atoms with Crippen LogP contribution in [0.15, 0.2) is 27.9 Å². The maximum atomic E-state index is 13.1. The van der Waals surface area contributed by atoms with Gasteiger partial charge in [-0.1, -0.05) is 11.8 Å². The van der Waals surface area contributed by atoms with E-state index >= 15 is 0 Å². The maximum Gasteiger partial charge on any atom is 0.335 e. The van der Waals surface area contributed by atoms with Gasteiger partial charge in [0.15, 0.2) is 0 Å². The molecule has 0 fully saturated rings. The number of halogens is 1. The third kappa shape index (κ3) is 3.08. The molecule has 1 aromatic heterocycles. The minimum absolute atomic E-state index is 0.136. The lowest BCUT2D eigenvalue weighted by Crippen LogP contribution is -2.02. The van der Waals surface area contributed by atoms with Crippen LogP contribution in [-0.2, 0) is 5.75 Å². The quantitative estimate of drug-likeness (QED) is 0.871. The Balaban J connectivity index is 2.17. The Morgan fingerprint density at radius 1 is 1.56 bits per heavy atom. The van der Waals surface area contributed by atoms with Crippen molar-refractivity contribution in [2.45, 2.75) is 17.0 Å². The van der Waals surface area contributed by atoms with Crippen molar-refractivity contribution < 1.29 is 14.3 Å². The first-order valence-corrected chi connectivity index (χ1v) is 6.99. The molecule has 0 saturated heterocycles. The normalized spacial score (nSPS) is 10.6. The number of aromatic carboxylic acids is 1. The van der Waals surface area contributed by atoms with Gasteiger partial charge in [0, 0.05) is 16.8 Å². The lowest BCUT2D eigenvalue weighted by atomic mass is 10.1. The number of carboxylic acid groups (broad SMARTS) is 1. The number of hydrogen-bond donors (Lipinski definition) is 1. The molecule has 0 radical (unpaired) electrons. The summed E-state index contributed by atoms with van der Waals surface area (Å²) in [5.41, 5.74) is 1.54. The van der Waals surface area contributed by atoms with E-state index in [2.05, 4.69) is 4.98 Å². The monoisotopic (exact) mass is 283 g/mol. The zero-order chi connectivity index (χ0) is 13.1. The van der Waals surface area contributed by atoms with Gasteiger partial charge < -0.3 is 5.11 Å². The van der Waals surface area contributed by atoms with Crippen molar-refractivity contribution >= 4 is 29.1 Å². The highest BCUT2D eigenvalue weighted by molar-refractivity contribution is 8.00. The fraction of sp³-hybridized carbons (Fsp3) is 0.167. The first-order chi connectivity index (χ1) is 8.56. The van der Waals surface area contributed by atoms with Crippen molar-refractivity contribution in [2.75, 3.05) is 0 Å². The Bertz CT molecular complexity index is 583. The molecule has 1 aromatic carbocycles. The van der Waals surface area contributed by atoms with E-state index in [1.54, 1.807) is 0 Å². The lowest BCUT2D eigenvalue weighted by Gasteiger charge is -2.04. The fourth-order valence-corrected chi connectivity index (χ4v) is 3.27. The van der Waals surface area contributed by atoms with Crippen LogP contribution in [0.1, 0.15) is 21.6 Å². The Morgan fingerprint density at radius 3 is 2.94 bits per heavy atom. The van der Waals surface area contributed by atoms with Gasteiger partial charge in [-0.2, -0.15) is 0 Å². The summed E-state index contributed by atoms with van der Waals surface area (Å²) in [4.78, 5) is 15.3. The number of hydrogen-bond acceptors (Lipinski definition) is 4. The van der Waals surface area contributed by atoms with Crippen molar-refractivity contribution in [1.29, 1.82) is 0 Å². The molecule has 0 spiro atoms. The SMILES string of the molecule is Cc1csc(SCc2cc(F)ccc2C(=O)O)n1. The van der Waals surface area contributed by atoms with E-state index in [1.807, 2.05) is 12.3 Å². The first-order valence-electron chi connectivity index (χ1n) is 5.13. The molecule has 94 valence electrons. The Labute approximate surface area is 112 Å². The minimum Gasteiger partial charge on any atom is -0.478 e. The fourth-order valence-electron chi connectivity index (χ4n) is 1.43. The predicted octanol–water partition coefficient (Wildman–Crippen LogP) is 3.58. The second-order valence-electron chi connectivity index (χ2n) is 3.65. The number of rotatable bonds is 4. The summed E-state index contributed by atoms with van der Waals surface area (Å²) in [6.45, 7) is 1.89. The van der Waals surface area contributed by atoms with E-state index in [0.717, 1.165) is 16.1 Å². The van der Waals surface area contributed by atoms with E-state index in [0.29, 0.717) is 11.3 Å². The molecular formula is C12H10FNO2S2. The van der Waals surface area contributed by atoms with Gasteiger partial charge in [-0.05, 0) is 30.7 Å². The number of aromatic nitrogens is 1. The molecule has 0 unspecified atom stereocenters. The van der Waals surface area contributed by atoms with Crippen LogP contribution in [0.3, 0.4) is 0 Å². The van der Waals surface area contributed by atoms with Crippen LogP contribution in [0.4, 0.5) is 4.39 Å². The topological polar surface area (TPSA) is 50.2 Å². The molecule has 2 aromatic rings. The van der Waals surface area contributed by atoms with E-state index in [9.17, 15) is 9.18 Å². The number of benzene rings is 1. The highest BCUT2D eigenvalue weighted by atomic mass is 32.2. The van der Waals surface area contributed by atoms with Crippen molar-refractivity contribution in [3.8, 4) is 0 Å². The molecule has 0 saturated carbocycles. The molecule has 0 aliphatic rings. The Hall–Kier alpha value is -1.40. The minimum atomic E-state index is -1.04. The molecule has 0 amide bonds. The largest absolute Gasteiger partial charge is 0.478 e. The molecule has 2 rings (SSSR count). The number of carbonyl (C=O) groups is 1. The molecule has 0 aliphatic carbocycles. The molecule has 1 heterocycles. The van der Waals surface area contributed by atoms with Gasteiger partial charge in [0.25, 0.3) is 0 Å². The third-order valence-corrected chi connectivity index (χ3v) is 4.43. The highest BCUT2D eigenvalue weighted by Gasteiger charge is 2.12. The summed E-state index contributed by atoms with van der Waals surface area (Å²) in [7, 11) is 0. The van der Waals surface area contributed by atoms with Crippen molar-refractivity contribution in [3.63, 3.8) is 0 Å². The Morgan fingerprint density at radius 2 is 2.33 bits per heavy atom. The van der Waals surface area contributed by atoms with Crippen LogP contribution in [0.5, 0.6) is 0 Å². The highest BCUT2D eigenvalue weighted by Crippen LogP contribution is 2.27. The third-order valence-electron chi connectivity index (χ3n) is 2.25. The van der Waals surface area contributed by atoms with E-state index in [-0.39, 0.29) is 5.56 Å². The smallest absolute Gasteiger partial charge is 0.335 e.